The molecule has 1 aliphatic carbocycles. The van der Waals surface area contributed by atoms with Gasteiger partial charge in [-0.05, 0) is 67.5 Å². The lowest BCUT2D eigenvalue weighted by molar-refractivity contribution is -0.137. The molecule has 2 aliphatic rings. The molecule has 0 saturated heterocycles. The van der Waals surface area contributed by atoms with Crippen molar-refractivity contribution in [2.24, 2.45) is 17.6 Å². The monoisotopic (exact) mass is 420 g/mol. The van der Waals surface area contributed by atoms with Crippen LogP contribution in [0.3, 0.4) is 0 Å². The maximum atomic E-state index is 13.5. The van der Waals surface area contributed by atoms with Gasteiger partial charge in [0, 0.05) is 27.8 Å². The second-order valence-electron chi connectivity index (χ2n) is 7.83. The first-order chi connectivity index (χ1) is 13.8. The van der Waals surface area contributed by atoms with E-state index in [0.29, 0.717) is 23.8 Å². The van der Waals surface area contributed by atoms with Gasteiger partial charge in [0.1, 0.15) is 0 Å². The molecule has 1 aliphatic heterocycles. The highest BCUT2D eigenvalue weighted by Crippen LogP contribution is 2.45. The van der Waals surface area contributed by atoms with Crippen LogP contribution < -0.4 is 11.1 Å². The molecule has 1 heterocycles. The van der Waals surface area contributed by atoms with Gasteiger partial charge in [0.15, 0.2) is 0 Å². The number of fused-ring (bicyclic) bond motifs is 2. The van der Waals surface area contributed by atoms with Crippen LogP contribution in [0.1, 0.15) is 42.4 Å². The average molecular weight is 421 g/mol. The second-order valence-corrected chi connectivity index (χ2v) is 8.91. The van der Waals surface area contributed by atoms with Crippen LogP contribution in [0.15, 0.2) is 46.2 Å². The summed E-state index contributed by atoms with van der Waals surface area (Å²) in [6, 6.07) is 9.96. The van der Waals surface area contributed by atoms with E-state index in [9.17, 15) is 18.0 Å². The average Bonchev–Trinajstić information content (AvgIpc) is 2.71. The Morgan fingerprint density at radius 2 is 1.83 bits per heavy atom. The Hall–Kier alpha value is -1.99. The van der Waals surface area contributed by atoms with E-state index < -0.39 is 11.7 Å². The molecule has 7 heteroatoms. The van der Waals surface area contributed by atoms with Gasteiger partial charge in [0.2, 0.25) is 5.91 Å². The van der Waals surface area contributed by atoms with Crippen molar-refractivity contribution in [2.75, 3.05) is 11.9 Å². The van der Waals surface area contributed by atoms with Crippen LogP contribution in [-0.2, 0) is 17.4 Å². The minimum atomic E-state index is -4.47. The molecule has 154 valence electrons. The Balaban J connectivity index is 1.63. The SMILES string of the molecule is NCC1CCC(C(=O)Nc2cc(C(F)(F)F)cc3c2Cc2ccccc2S3)CC1. The molecule has 3 nitrogen and oxygen atoms in total. The summed E-state index contributed by atoms with van der Waals surface area (Å²) in [4.78, 5) is 14.3. The number of carbonyl (C=O) groups excluding carboxylic acids is 1. The number of nitrogens with one attached hydrogen (secondary N) is 1. The lowest BCUT2D eigenvalue weighted by Crippen LogP contribution is -2.30. The van der Waals surface area contributed by atoms with Crippen molar-refractivity contribution < 1.29 is 18.0 Å². The van der Waals surface area contributed by atoms with Crippen molar-refractivity contribution >= 4 is 23.4 Å². The number of nitrogens with two attached hydrogens (primary N) is 1. The largest absolute Gasteiger partial charge is 0.416 e. The molecular formula is C22H23F3N2OS. The van der Waals surface area contributed by atoms with Crippen LogP contribution >= 0.6 is 11.8 Å². The van der Waals surface area contributed by atoms with E-state index in [0.717, 1.165) is 47.8 Å². The van der Waals surface area contributed by atoms with Crippen LogP contribution in [0.5, 0.6) is 0 Å². The second kappa shape index (κ2) is 8.03. The third-order valence-electron chi connectivity index (χ3n) is 5.90. The van der Waals surface area contributed by atoms with E-state index in [-0.39, 0.29) is 17.5 Å². The van der Waals surface area contributed by atoms with Gasteiger partial charge in [-0.2, -0.15) is 13.2 Å². The standard InChI is InChI=1S/C22H23F3N2OS/c23-22(24,25)16-10-18(27-21(28)14-7-5-13(12-26)6-8-14)17-9-15-3-1-2-4-19(15)29-20(17)11-16/h1-4,10-11,13-14H,5-9,12,26H2,(H,27,28). The Morgan fingerprint density at radius 1 is 1.10 bits per heavy atom. The zero-order valence-electron chi connectivity index (χ0n) is 15.9. The summed E-state index contributed by atoms with van der Waals surface area (Å²) in [6.45, 7) is 0.617. The summed E-state index contributed by atoms with van der Waals surface area (Å²) >= 11 is 1.33. The number of anilines is 1. The van der Waals surface area contributed by atoms with Crippen molar-refractivity contribution in [1.29, 1.82) is 0 Å². The van der Waals surface area contributed by atoms with Crippen LogP contribution in [0, 0.1) is 11.8 Å². The molecule has 2 aromatic rings. The highest BCUT2D eigenvalue weighted by Gasteiger charge is 2.34. The third kappa shape index (κ3) is 4.31. The fourth-order valence-electron chi connectivity index (χ4n) is 4.15. The van der Waals surface area contributed by atoms with Crippen LogP contribution in [0.4, 0.5) is 18.9 Å². The predicted octanol–water partition coefficient (Wildman–Crippen LogP) is 5.46. The van der Waals surface area contributed by atoms with Crippen LogP contribution in [0.25, 0.3) is 0 Å². The minimum Gasteiger partial charge on any atom is -0.330 e. The van der Waals surface area contributed by atoms with Crippen LogP contribution in [0.2, 0.25) is 0 Å². The molecule has 0 bridgehead atoms. The number of rotatable bonds is 3. The molecule has 29 heavy (non-hydrogen) atoms. The molecule has 1 saturated carbocycles. The van der Waals surface area contributed by atoms with Gasteiger partial charge in [-0.15, -0.1) is 0 Å². The number of amides is 1. The molecule has 0 radical (unpaired) electrons. The van der Waals surface area contributed by atoms with E-state index in [1.165, 1.54) is 17.8 Å². The van der Waals surface area contributed by atoms with E-state index in [1.807, 2.05) is 24.3 Å². The molecular weight excluding hydrogens is 397 g/mol. The highest BCUT2D eigenvalue weighted by atomic mass is 32.2. The summed E-state index contributed by atoms with van der Waals surface area (Å²) < 4.78 is 40.4. The number of hydrogen-bond acceptors (Lipinski definition) is 3. The summed E-state index contributed by atoms with van der Waals surface area (Å²) in [5.41, 5.74) is 7.07. The van der Waals surface area contributed by atoms with Crippen LogP contribution in [-0.4, -0.2) is 12.5 Å². The number of halogens is 3. The van der Waals surface area contributed by atoms with E-state index in [1.54, 1.807) is 0 Å². The maximum Gasteiger partial charge on any atom is 0.416 e. The molecule has 3 N–H and O–H groups in total. The van der Waals surface area contributed by atoms with Gasteiger partial charge in [-0.25, -0.2) is 0 Å². The van der Waals surface area contributed by atoms with Gasteiger partial charge in [0.25, 0.3) is 0 Å². The molecule has 0 spiro atoms. The van der Waals surface area contributed by atoms with Gasteiger partial charge >= 0.3 is 6.18 Å². The zero-order valence-corrected chi connectivity index (χ0v) is 16.7. The van der Waals surface area contributed by atoms with Gasteiger partial charge in [-0.1, -0.05) is 30.0 Å². The molecule has 1 fully saturated rings. The quantitative estimate of drug-likeness (QED) is 0.591. The van der Waals surface area contributed by atoms with Crippen molar-refractivity contribution in [1.82, 2.24) is 0 Å². The molecule has 0 atom stereocenters. The number of alkyl halides is 3. The Kier molecular flexibility index (Phi) is 5.62. The Labute approximate surface area is 172 Å². The first-order valence-electron chi connectivity index (χ1n) is 9.86. The number of benzene rings is 2. The summed E-state index contributed by atoms with van der Waals surface area (Å²) in [5.74, 6) is 0.0747. The molecule has 0 unspecified atom stereocenters. The lowest BCUT2D eigenvalue weighted by atomic mass is 9.81. The lowest BCUT2D eigenvalue weighted by Gasteiger charge is -2.28. The van der Waals surface area contributed by atoms with Crippen molar-refractivity contribution in [3.05, 3.63) is 53.1 Å². The first-order valence-corrected chi connectivity index (χ1v) is 10.7. The molecule has 0 aromatic heterocycles. The van der Waals surface area contributed by atoms with Crippen molar-refractivity contribution in [3.8, 4) is 0 Å². The topological polar surface area (TPSA) is 55.1 Å². The third-order valence-corrected chi connectivity index (χ3v) is 7.11. The van der Waals surface area contributed by atoms with E-state index in [4.69, 9.17) is 5.73 Å². The summed E-state index contributed by atoms with van der Waals surface area (Å²) in [5, 5.41) is 2.83. The molecule has 2 aromatic carbocycles. The zero-order chi connectivity index (χ0) is 20.6. The smallest absolute Gasteiger partial charge is 0.330 e. The van der Waals surface area contributed by atoms with E-state index >= 15 is 0 Å². The summed E-state index contributed by atoms with van der Waals surface area (Å²) in [7, 11) is 0. The summed E-state index contributed by atoms with van der Waals surface area (Å²) in [6.07, 6.45) is -0.729. The van der Waals surface area contributed by atoms with Crippen molar-refractivity contribution in [3.63, 3.8) is 0 Å². The predicted molar refractivity (Wildman–Crippen MR) is 108 cm³/mol. The highest BCUT2D eigenvalue weighted by molar-refractivity contribution is 7.99. The van der Waals surface area contributed by atoms with E-state index in [2.05, 4.69) is 5.32 Å². The van der Waals surface area contributed by atoms with Crippen molar-refractivity contribution in [2.45, 2.75) is 48.1 Å². The normalized spacial score (nSPS) is 21.2. The Morgan fingerprint density at radius 3 is 2.52 bits per heavy atom. The molecule has 1 amide bonds. The maximum absolute atomic E-state index is 13.5. The first kappa shape index (κ1) is 20.3. The van der Waals surface area contributed by atoms with Gasteiger partial charge in [-0.3, -0.25) is 4.79 Å². The number of hydrogen-bond donors (Lipinski definition) is 2. The minimum absolute atomic E-state index is 0.175. The van der Waals surface area contributed by atoms with Gasteiger partial charge < -0.3 is 11.1 Å². The van der Waals surface area contributed by atoms with Gasteiger partial charge in [0.05, 0.1) is 5.56 Å². The Bertz CT molecular complexity index is 921. The fourth-order valence-corrected chi connectivity index (χ4v) is 5.29. The molecule has 4 rings (SSSR count). The fraction of sp³-hybridized carbons (Fsp3) is 0.409. The number of carbonyl (C=O) groups is 1.